The maximum atomic E-state index is 12.3. The number of carbonyl (C=O) groups excluding carboxylic acids is 2. The SMILES string of the molecule is COCCCNC(=O)c1cccc(C(=O)Nc2ccc(C#N)cc2)n1. The molecule has 0 bridgehead atoms. The zero-order chi connectivity index (χ0) is 18.1. The van der Waals surface area contributed by atoms with Crippen LogP contribution in [-0.4, -0.2) is 37.1 Å². The normalized spacial score (nSPS) is 9.92. The van der Waals surface area contributed by atoms with Crippen molar-refractivity contribution in [2.75, 3.05) is 25.6 Å². The third-order valence-electron chi connectivity index (χ3n) is 3.30. The lowest BCUT2D eigenvalue weighted by Gasteiger charge is -2.07. The van der Waals surface area contributed by atoms with Crippen molar-refractivity contribution in [1.29, 1.82) is 5.26 Å². The maximum absolute atomic E-state index is 12.3. The number of benzene rings is 1. The molecule has 7 heteroatoms. The van der Waals surface area contributed by atoms with E-state index in [-0.39, 0.29) is 17.3 Å². The number of amides is 2. The summed E-state index contributed by atoms with van der Waals surface area (Å²) in [6.45, 7) is 1.02. The van der Waals surface area contributed by atoms with Gasteiger partial charge in [-0.15, -0.1) is 0 Å². The average Bonchev–Trinajstić information content (AvgIpc) is 2.65. The Morgan fingerprint density at radius 2 is 1.80 bits per heavy atom. The smallest absolute Gasteiger partial charge is 0.274 e. The van der Waals surface area contributed by atoms with E-state index in [1.807, 2.05) is 6.07 Å². The van der Waals surface area contributed by atoms with E-state index < -0.39 is 5.91 Å². The molecule has 2 aromatic rings. The lowest BCUT2D eigenvalue weighted by Crippen LogP contribution is -2.27. The van der Waals surface area contributed by atoms with Crippen molar-refractivity contribution in [2.24, 2.45) is 0 Å². The van der Waals surface area contributed by atoms with Crippen LogP contribution in [0, 0.1) is 11.3 Å². The van der Waals surface area contributed by atoms with Crippen LogP contribution in [0.5, 0.6) is 0 Å². The van der Waals surface area contributed by atoms with Crippen LogP contribution in [0.1, 0.15) is 33.0 Å². The van der Waals surface area contributed by atoms with Crippen LogP contribution in [0.4, 0.5) is 5.69 Å². The van der Waals surface area contributed by atoms with E-state index in [0.717, 1.165) is 0 Å². The minimum atomic E-state index is -0.432. The molecule has 1 aromatic carbocycles. The van der Waals surface area contributed by atoms with E-state index in [2.05, 4.69) is 15.6 Å². The van der Waals surface area contributed by atoms with Crippen molar-refractivity contribution in [3.05, 3.63) is 59.4 Å². The van der Waals surface area contributed by atoms with Gasteiger partial charge in [-0.1, -0.05) is 6.07 Å². The lowest BCUT2D eigenvalue weighted by molar-refractivity contribution is 0.0943. The first-order valence-electron chi connectivity index (χ1n) is 7.69. The number of aromatic nitrogens is 1. The summed E-state index contributed by atoms with van der Waals surface area (Å²) < 4.78 is 4.91. The summed E-state index contributed by atoms with van der Waals surface area (Å²) in [5, 5.41) is 14.2. The Labute approximate surface area is 145 Å². The predicted octanol–water partition coefficient (Wildman–Crippen LogP) is 1.97. The Balaban J connectivity index is 2.00. The van der Waals surface area contributed by atoms with Crippen molar-refractivity contribution in [2.45, 2.75) is 6.42 Å². The Kier molecular flexibility index (Phi) is 6.63. The molecule has 128 valence electrons. The molecule has 7 nitrogen and oxygen atoms in total. The maximum Gasteiger partial charge on any atom is 0.274 e. The highest BCUT2D eigenvalue weighted by molar-refractivity contribution is 6.03. The van der Waals surface area contributed by atoms with Gasteiger partial charge >= 0.3 is 0 Å². The van der Waals surface area contributed by atoms with Gasteiger partial charge in [0.05, 0.1) is 11.6 Å². The molecule has 0 radical (unpaired) electrons. The summed E-state index contributed by atoms with van der Waals surface area (Å²) in [7, 11) is 1.60. The lowest BCUT2D eigenvalue weighted by atomic mass is 10.2. The molecule has 0 spiro atoms. The summed E-state index contributed by atoms with van der Waals surface area (Å²) in [5.41, 5.74) is 1.35. The van der Waals surface area contributed by atoms with Crippen molar-refractivity contribution < 1.29 is 14.3 Å². The van der Waals surface area contributed by atoms with E-state index in [0.29, 0.717) is 30.8 Å². The number of methoxy groups -OCH3 is 1. The van der Waals surface area contributed by atoms with Gasteiger partial charge in [0.15, 0.2) is 0 Å². The number of nitrogens with zero attached hydrogens (tertiary/aromatic N) is 2. The molecule has 0 aliphatic rings. The fraction of sp³-hybridized carbons (Fsp3) is 0.222. The second kappa shape index (κ2) is 9.15. The first kappa shape index (κ1) is 18.1. The van der Waals surface area contributed by atoms with Crippen LogP contribution < -0.4 is 10.6 Å². The molecule has 0 atom stereocenters. The largest absolute Gasteiger partial charge is 0.385 e. The molecule has 25 heavy (non-hydrogen) atoms. The van der Waals surface area contributed by atoms with Gasteiger partial charge in [0.2, 0.25) is 0 Å². The van der Waals surface area contributed by atoms with Crippen LogP contribution in [0.15, 0.2) is 42.5 Å². The Hall–Kier alpha value is -3.24. The van der Waals surface area contributed by atoms with Gasteiger partial charge in [-0.25, -0.2) is 4.98 Å². The Morgan fingerprint density at radius 1 is 1.12 bits per heavy atom. The molecule has 0 saturated heterocycles. The van der Waals surface area contributed by atoms with E-state index >= 15 is 0 Å². The minimum Gasteiger partial charge on any atom is -0.385 e. The predicted molar refractivity (Wildman–Crippen MR) is 92.2 cm³/mol. The number of nitrogens with one attached hydrogen (secondary N) is 2. The van der Waals surface area contributed by atoms with Gasteiger partial charge in [-0.05, 0) is 42.8 Å². The van der Waals surface area contributed by atoms with E-state index in [1.165, 1.54) is 6.07 Å². The summed E-state index contributed by atoms with van der Waals surface area (Å²) in [4.78, 5) is 28.4. The Bertz CT molecular complexity index is 782. The summed E-state index contributed by atoms with van der Waals surface area (Å²) in [6.07, 6.45) is 0.696. The molecular weight excluding hydrogens is 320 g/mol. The van der Waals surface area contributed by atoms with E-state index in [1.54, 1.807) is 43.5 Å². The average molecular weight is 338 g/mol. The monoisotopic (exact) mass is 338 g/mol. The molecule has 2 amide bonds. The van der Waals surface area contributed by atoms with Crippen molar-refractivity contribution in [3.63, 3.8) is 0 Å². The number of hydrogen-bond donors (Lipinski definition) is 2. The zero-order valence-corrected chi connectivity index (χ0v) is 13.8. The standard InChI is InChI=1S/C18H18N4O3/c1-25-11-3-10-20-17(23)15-4-2-5-16(22-15)18(24)21-14-8-6-13(12-19)7-9-14/h2,4-9H,3,10-11H2,1H3,(H,20,23)(H,21,24). The van der Waals surface area contributed by atoms with Gasteiger partial charge in [0, 0.05) is 25.9 Å². The molecule has 0 saturated carbocycles. The molecule has 1 heterocycles. The highest BCUT2D eigenvalue weighted by Crippen LogP contribution is 2.10. The highest BCUT2D eigenvalue weighted by atomic mass is 16.5. The molecule has 0 aliphatic carbocycles. The number of carbonyl (C=O) groups is 2. The Morgan fingerprint density at radius 3 is 2.44 bits per heavy atom. The molecular formula is C18H18N4O3. The number of pyridine rings is 1. The third kappa shape index (κ3) is 5.41. The van der Waals surface area contributed by atoms with Crippen LogP contribution in [0.25, 0.3) is 0 Å². The fourth-order valence-corrected chi connectivity index (χ4v) is 2.02. The van der Waals surface area contributed by atoms with Crippen molar-refractivity contribution in [1.82, 2.24) is 10.3 Å². The van der Waals surface area contributed by atoms with Crippen molar-refractivity contribution >= 4 is 17.5 Å². The number of nitriles is 1. The van der Waals surface area contributed by atoms with Gasteiger partial charge in [0.1, 0.15) is 11.4 Å². The highest BCUT2D eigenvalue weighted by Gasteiger charge is 2.12. The second-order valence-electron chi connectivity index (χ2n) is 5.15. The van der Waals surface area contributed by atoms with Gasteiger partial charge in [-0.3, -0.25) is 9.59 Å². The minimum absolute atomic E-state index is 0.133. The first-order chi connectivity index (χ1) is 12.1. The molecule has 0 aliphatic heterocycles. The van der Waals surface area contributed by atoms with Crippen LogP contribution >= 0.6 is 0 Å². The number of rotatable bonds is 7. The summed E-state index contributed by atoms with van der Waals surface area (Å²) >= 11 is 0. The topological polar surface area (TPSA) is 104 Å². The molecule has 0 unspecified atom stereocenters. The molecule has 2 N–H and O–H groups in total. The molecule has 1 aromatic heterocycles. The number of hydrogen-bond acceptors (Lipinski definition) is 5. The zero-order valence-electron chi connectivity index (χ0n) is 13.8. The van der Waals surface area contributed by atoms with Gasteiger partial charge in [0.25, 0.3) is 11.8 Å². The quantitative estimate of drug-likeness (QED) is 0.751. The van der Waals surface area contributed by atoms with Crippen LogP contribution in [-0.2, 0) is 4.74 Å². The molecule has 0 fully saturated rings. The second-order valence-corrected chi connectivity index (χ2v) is 5.15. The summed E-state index contributed by atoms with van der Waals surface area (Å²) in [6, 6.07) is 13.1. The van der Waals surface area contributed by atoms with E-state index in [4.69, 9.17) is 10.00 Å². The van der Waals surface area contributed by atoms with Gasteiger partial charge < -0.3 is 15.4 Å². The van der Waals surface area contributed by atoms with Crippen LogP contribution in [0.3, 0.4) is 0 Å². The number of ether oxygens (including phenoxy) is 1. The first-order valence-corrected chi connectivity index (χ1v) is 7.69. The fourth-order valence-electron chi connectivity index (χ4n) is 2.02. The van der Waals surface area contributed by atoms with Crippen molar-refractivity contribution in [3.8, 4) is 6.07 Å². The molecule has 2 rings (SSSR count). The van der Waals surface area contributed by atoms with Gasteiger partial charge in [-0.2, -0.15) is 5.26 Å². The third-order valence-corrected chi connectivity index (χ3v) is 3.30. The van der Waals surface area contributed by atoms with E-state index in [9.17, 15) is 9.59 Å². The number of anilines is 1. The summed E-state index contributed by atoms with van der Waals surface area (Å²) in [5.74, 6) is -0.775. The van der Waals surface area contributed by atoms with Crippen LogP contribution in [0.2, 0.25) is 0 Å².